The second-order valence-electron chi connectivity index (χ2n) is 8.23. The number of imide groups is 1. The number of nitrogens with zero attached hydrogens (tertiary/aromatic N) is 2. The smallest absolute Gasteiger partial charge is 0.325 e. The summed E-state index contributed by atoms with van der Waals surface area (Å²) in [5, 5.41) is 5.52. The molecule has 3 rings (SSSR count). The molecule has 7 heteroatoms. The fourth-order valence-corrected chi connectivity index (χ4v) is 3.64. The average Bonchev–Trinajstić information content (AvgIpc) is 2.97. The Labute approximate surface area is 183 Å². The largest absolute Gasteiger partial charge is 0.378 e. The summed E-state index contributed by atoms with van der Waals surface area (Å²) in [5.74, 6) is -0.811. The lowest BCUT2D eigenvalue weighted by molar-refractivity contribution is -0.134. The number of amides is 4. The molecule has 2 aromatic carbocycles. The molecule has 0 aromatic heterocycles. The normalized spacial score (nSPS) is 18.1. The van der Waals surface area contributed by atoms with Crippen molar-refractivity contribution in [1.29, 1.82) is 0 Å². The number of hydrogen-bond donors (Lipinski definition) is 2. The Morgan fingerprint density at radius 2 is 1.65 bits per heavy atom. The maximum Gasteiger partial charge on any atom is 0.325 e. The molecular formula is C24H30N4O3. The number of urea groups is 1. The number of anilines is 1. The van der Waals surface area contributed by atoms with Gasteiger partial charge < -0.3 is 15.5 Å². The molecule has 0 aliphatic carbocycles. The molecular weight excluding hydrogens is 392 g/mol. The molecule has 1 fully saturated rings. The Morgan fingerprint density at radius 3 is 2.23 bits per heavy atom. The maximum atomic E-state index is 13.0. The third-order valence-electron chi connectivity index (χ3n) is 5.59. The Kier molecular flexibility index (Phi) is 6.63. The summed E-state index contributed by atoms with van der Waals surface area (Å²) < 4.78 is 0. The van der Waals surface area contributed by atoms with Crippen LogP contribution in [-0.4, -0.2) is 43.4 Å². The molecule has 2 N–H and O–H groups in total. The Bertz CT molecular complexity index is 954. The van der Waals surface area contributed by atoms with Gasteiger partial charge in [0.1, 0.15) is 12.1 Å². The lowest BCUT2D eigenvalue weighted by Crippen LogP contribution is -2.43. The van der Waals surface area contributed by atoms with E-state index in [-0.39, 0.29) is 12.5 Å². The van der Waals surface area contributed by atoms with E-state index in [9.17, 15) is 14.4 Å². The van der Waals surface area contributed by atoms with E-state index in [1.165, 1.54) is 5.56 Å². The lowest BCUT2D eigenvalue weighted by Gasteiger charge is -2.22. The molecule has 0 saturated carbocycles. The number of aryl methyl sites for hydroxylation is 1. The van der Waals surface area contributed by atoms with Crippen molar-refractivity contribution < 1.29 is 14.4 Å². The fourth-order valence-electron chi connectivity index (χ4n) is 3.64. The first-order chi connectivity index (χ1) is 14.7. The SMILES string of the molecule is CCCc1ccc([C@@]2(C)NC(=O)N(CC(=O)NCc3ccc(N(C)C)cc3)C2=O)cc1. The summed E-state index contributed by atoms with van der Waals surface area (Å²) in [7, 11) is 3.92. The number of hydrogen-bond acceptors (Lipinski definition) is 4. The number of rotatable bonds is 8. The minimum Gasteiger partial charge on any atom is -0.378 e. The Hall–Kier alpha value is -3.35. The number of carbonyl (C=O) groups is 3. The van der Waals surface area contributed by atoms with Crippen LogP contribution >= 0.6 is 0 Å². The zero-order valence-corrected chi connectivity index (χ0v) is 18.6. The number of benzene rings is 2. The third-order valence-corrected chi connectivity index (χ3v) is 5.59. The van der Waals surface area contributed by atoms with Gasteiger partial charge in [0.15, 0.2) is 0 Å². The van der Waals surface area contributed by atoms with Crippen LogP contribution in [0.5, 0.6) is 0 Å². The highest BCUT2D eigenvalue weighted by atomic mass is 16.2. The first kappa shape index (κ1) is 22.3. The van der Waals surface area contributed by atoms with Crippen LogP contribution in [0.2, 0.25) is 0 Å². The van der Waals surface area contributed by atoms with E-state index in [1.807, 2.05) is 67.5 Å². The van der Waals surface area contributed by atoms with Crippen molar-refractivity contribution >= 4 is 23.5 Å². The van der Waals surface area contributed by atoms with E-state index in [4.69, 9.17) is 0 Å². The molecule has 1 aliphatic rings. The zero-order valence-electron chi connectivity index (χ0n) is 18.6. The van der Waals surface area contributed by atoms with Crippen LogP contribution in [0.1, 0.15) is 37.0 Å². The highest BCUT2D eigenvalue weighted by Gasteiger charge is 2.49. The van der Waals surface area contributed by atoms with Gasteiger partial charge in [-0.05, 0) is 42.2 Å². The van der Waals surface area contributed by atoms with E-state index in [0.29, 0.717) is 12.1 Å². The highest BCUT2D eigenvalue weighted by molar-refractivity contribution is 6.09. The van der Waals surface area contributed by atoms with Gasteiger partial charge >= 0.3 is 6.03 Å². The predicted octanol–water partition coefficient (Wildman–Crippen LogP) is 2.79. The minimum absolute atomic E-state index is 0.316. The summed E-state index contributed by atoms with van der Waals surface area (Å²) in [4.78, 5) is 40.9. The van der Waals surface area contributed by atoms with Gasteiger partial charge in [-0.15, -0.1) is 0 Å². The van der Waals surface area contributed by atoms with Gasteiger partial charge in [-0.25, -0.2) is 4.79 Å². The van der Waals surface area contributed by atoms with Gasteiger partial charge in [0.2, 0.25) is 5.91 Å². The summed E-state index contributed by atoms with van der Waals surface area (Å²) in [5.41, 5.74) is 2.71. The first-order valence-corrected chi connectivity index (χ1v) is 10.5. The zero-order chi connectivity index (χ0) is 22.6. The van der Waals surface area contributed by atoms with Crippen molar-refractivity contribution in [1.82, 2.24) is 15.5 Å². The molecule has 1 atom stereocenters. The average molecular weight is 423 g/mol. The van der Waals surface area contributed by atoms with Crippen molar-refractivity contribution in [2.45, 2.75) is 38.8 Å². The molecule has 0 spiro atoms. The predicted molar refractivity (Wildman–Crippen MR) is 121 cm³/mol. The molecule has 4 amide bonds. The van der Waals surface area contributed by atoms with Crippen LogP contribution in [0.4, 0.5) is 10.5 Å². The molecule has 31 heavy (non-hydrogen) atoms. The fraction of sp³-hybridized carbons (Fsp3) is 0.375. The van der Waals surface area contributed by atoms with Crippen molar-refractivity contribution in [2.75, 3.05) is 25.5 Å². The summed E-state index contributed by atoms with van der Waals surface area (Å²) >= 11 is 0. The van der Waals surface area contributed by atoms with Gasteiger partial charge in [-0.2, -0.15) is 0 Å². The summed E-state index contributed by atoms with van der Waals surface area (Å²) in [6.45, 7) is 3.79. The van der Waals surface area contributed by atoms with E-state index < -0.39 is 17.5 Å². The minimum atomic E-state index is -1.18. The second-order valence-corrected chi connectivity index (χ2v) is 8.23. The summed E-state index contributed by atoms with van der Waals surface area (Å²) in [6, 6.07) is 14.9. The van der Waals surface area contributed by atoms with Crippen LogP contribution in [-0.2, 0) is 28.1 Å². The van der Waals surface area contributed by atoms with Crippen LogP contribution in [0, 0.1) is 0 Å². The standard InChI is InChI=1S/C24H30N4O3/c1-5-6-17-7-11-19(12-8-17)24(2)22(30)28(23(31)26-24)16-21(29)25-15-18-9-13-20(14-10-18)27(3)4/h7-14H,5-6,15-16H2,1-4H3,(H,25,29)(H,26,31)/t24-/m1/s1. The Balaban J connectivity index is 1.61. The lowest BCUT2D eigenvalue weighted by atomic mass is 9.91. The highest BCUT2D eigenvalue weighted by Crippen LogP contribution is 2.29. The molecule has 1 aliphatic heterocycles. The first-order valence-electron chi connectivity index (χ1n) is 10.5. The summed E-state index contributed by atoms with van der Waals surface area (Å²) in [6.07, 6.45) is 2.00. The molecule has 0 radical (unpaired) electrons. The topological polar surface area (TPSA) is 81.8 Å². The molecule has 7 nitrogen and oxygen atoms in total. The van der Waals surface area contributed by atoms with Gasteiger partial charge in [0, 0.05) is 26.3 Å². The molecule has 0 unspecified atom stereocenters. The number of nitrogens with one attached hydrogen (secondary N) is 2. The van der Waals surface area contributed by atoms with Crippen LogP contribution in [0.25, 0.3) is 0 Å². The quantitative estimate of drug-likeness (QED) is 0.641. The van der Waals surface area contributed by atoms with Gasteiger partial charge in [0.05, 0.1) is 0 Å². The number of carbonyl (C=O) groups excluding carboxylic acids is 3. The monoisotopic (exact) mass is 422 g/mol. The van der Waals surface area contributed by atoms with Gasteiger partial charge in [-0.3, -0.25) is 14.5 Å². The van der Waals surface area contributed by atoms with Crippen molar-refractivity contribution in [2.24, 2.45) is 0 Å². The molecule has 1 heterocycles. The molecule has 164 valence electrons. The molecule has 0 bridgehead atoms. The molecule has 1 saturated heterocycles. The third kappa shape index (κ3) is 4.87. The van der Waals surface area contributed by atoms with Crippen molar-refractivity contribution in [3.63, 3.8) is 0 Å². The van der Waals surface area contributed by atoms with Crippen molar-refractivity contribution in [3.8, 4) is 0 Å². The van der Waals surface area contributed by atoms with Gasteiger partial charge in [-0.1, -0.05) is 49.7 Å². The second kappa shape index (κ2) is 9.20. The van der Waals surface area contributed by atoms with E-state index in [0.717, 1.165) is 29.0 Å². The Morgan fingerprint density at radius 1 is 1.03 bits per heavy atom. The van der Waals surface area contributed by atoms with Crippen LogP contribution in [0.3, 0.4) is 0 Å². The van der Waals surface area contributed by atoms with Crippen molar-refractivity contribution in [3.05, 3.63) is 65.2 Å². The van der Waals surface area contributed by atoms with Crippen LogP contribution in [0.15, 0.2) is 48.5 Å². The maximum absolute atomic E-state index is 13.0. The van der Waals surface area contributed by atoms with Crippen LogP contribution < -0.4 is 15.5 Å². The van der Waals surface area contributed by atoms with E-state index in [2.05, 4.69) is 17.6 Å². The van der Waals surface area contributed by atoms with E-state index in [1.54, 1.807) is 6.92 Å². The van der Waals surface area contributed by atoms with E-state index >= 15 is 0 Å². The molecule has 2 aromatic rings. The van der Waals surface area contributed by atoms with Gasteiger partial charge in [0.25, 0.3) is 5.91 Å².